The third kappa shape index (κ3) is 7.00. The Morgan fingerprint density at radius 2 is 1.92 bits per heavy atom. The molecule has 3 heterocycles. The highest BCUT2D eigenvalue weighted by molar-refractivity contribution is 5.67. The number of nitrogens with one attached hydrogen (secondary N) is 3. The van der Waals surface area contributed by atoms with Gasteiger partial charge in [0.1, 0.15) is 28.9 Å². The van der Waals surface area contributed by atoms with Gasteiger partial charge in [-0.2, -0.15) is 9.97 Å². The number of anilines is 4. The van der Waals surface area contributed by atoms with Crippen molar-refractivity contribution in [1.82, 2.24) is 25.3 Å². The Morgan fingerprint density at radius 3 is 2.58 bits per heavy atom. The van der Waals surface area contributed by atoms with E-state index in [-0.39, 0.29) is 17.8 Å². The van der Waals surface area contributed by atoms with E-state index < -0.39 is 11.7 Å². The minimum Gasteiger partial charge on any atom is -0.444 e. The van der Waals surface area contributed by atoms with Crippen LogP contribution in [-0.2, 0) is 4.74 Å². The second-order valence-corrected chi connectivity index (χ2v) is 9.72. The lowest BCUT2D eigenvalue weighted by Gasteiger charge is -2.40. The third-order valence-electron chi connectivity index (χ3n) is 5.46. The number of nitrogens with zero attached hydrogens (tertiary/aromatic N) is 5. The lowest BCUT2D eigenvalue weighted by molar-refractivity contribution is 0.0516. The summed E-state index contributed by atoms with van der Waals surface area (Å²) < 4.78 is 18.6. The largest absolute Gasteiger partial charge is 0.444 e. The fourth-order valence-corrected chi connectivity index (χ4v) is 3.68. The van der Waals surface area contributed by atoms with Crippen LogP contribution >= 0.6 is 0 Å². The molecule has 190 valence electrons. The molecule has 2 aromatic heterocycles. The van der Waals surface area contributed by atoms with Crippen LogP contribution in [0.5, 0.6) is 0 Å². The first-order valence-corrected chi connectivity index (χ1v) is 11.8. The van der Waals surface area contributed by atoms with E-state index >= 15 is 0 Å². The molecule has 1 unspecified atom stereocenters. The zero-order valence-corrected chi connectivity index (χ0v) is 20.8. The quantitative estimate of drug-likeness (QED) is 0.422. The van der Waals surface area contributed by atoms with Crippen LogP contribution < -0.4 is 20.9 Å². The first-order chi connectivity index (χ1) is 17.1. The molecule has 4 rings (SSSR count). The van der Waals surface area contributed by atoms with E-state index in [1.807, 2.05) is 33.8 Å². The van der Waals surface area contributed by atoms with Crippen molar-refractivity contribution in [2.45, 2.75) is 39.3 Å². The molecular formula is C25H31FN8O2. The second-order valence-electron chi connectivity index (χ2n) is 9.72. The van der Waals surface area contributed by atoms with Gasteiger partial charge in [0.15, 0.2) is 0 Å². The van der Waals surface area contributed by atoms with Gasteiger partial charge in [0.25, 0.3) is 0 Å². The van der Waals surface area contributed by atoms with Crippen LogP contribution in [0, 0.1) is 11.7 Å². The van der Waals surface area contributed by atoms with Crippen LogP contribution in [0.4, 0.5) is 32.6 Å². The number of carbonyl (C=O) groups is 1. The minimum absolute atomic E-state index is 0.146. The smallest absolute Gasteiger partial charge is 0.407 e. The number of rotatable bonds is 8. The molecule has 1 atom stereocenters. The van der Waals surface area contributed by atoms with E-state index in [9.17, 15) is 9.18 Å². The summed E-state index contributed by atoms with van der Waals surface area (Å²) in [6, 6.07) is 8.02. The van der Waals surface area contributed by atoms with Crippen molar-refractivity contribution in [1.29, 1.82) is 0 Å². The molecule has 3 N–H and O–H groups in total. The molecule has 1 amide bonds. The molecule has 3 aromatic rings. The van der Waals surface area contributed by atoms with Crippen molar-refractivity contribution in [3.63, 3.8) is 0 Å². The third-order valence-corrected chi connectivity index (χ3v) is 5.46. The topological polar surface area (TPSA) is 117 Å². The Hall–Kier alpha value is -4.02. The lowest BCUT2D eigenvalue weighted by atomic mass is 10.0. The van der Waals surface area contributed by atoms with Crippen LogP contribution in [0.25, 0.3) is 0 Å². The summed E-state index contributed by atoms with van der Waals surface area (Å²) in [7, 11) is 0. The highest BCUT2D eigenvalue weighted by Crippen LogP contribution is 2.28. The summed E-state index contributed by atoms with van der Waals surface area (Å²) in [4.78, 5) is 31.7. The Balaban J connectivity index is 1.44. The molecule has 1 aromatic carbocycles. The zero-order chi connectivity index (χ0) is 25.7. The van der Waals surface area contributed by atoms with Gasteiger partial charge in [-0.1, -0.05) is 12.1 Å². The van der Waals surface area contributed by atoms with E-state index in [1.54, 1.807) is 30.7 Å². The summed E-state index contributed by atoms with van der Waals surface area (Å²) in [5, 5.41) is 9.30. The molecule has 0 radical (unpaired) electrons. The number of hydrogen-bond acceptors (Lipinski definition) is 9. The summed E-state index contributed by atoms with van der Waals surface area (Å²) in [5.41, 5.74) is 0.378. The van der Waals surface area contributed by atoms with Crippen molar-refractivity contribution in [3.8, 4) is 0 Å². The molecule has 10 nitrogen and oxygen atoms in total. The summed E-state index contributed by atoms with van der Waals surface area (Å²) in [5.74, 6) is 2.27. The molecular weight excluding hydrogens is 463 g/mol. The van der Waals surface area contributed by atoms with E-state index in [1.165, 1.54) is 12.1 Å². The molecule has 1 aliphatic heterocycles. The van der Waals surface area contributed by atoms with Crippen LogP contribution in [0.3, 0.4) is 0 Å². The molecule has 0 saturated carbocycles. The van der Waals surface area contributed by atoms with Gasteiger partial charge in [-0.3, -0.25) is 4.98 Å². The fourth-order valence-electron chi connectivity index (χ4n) is 3.68. The lowest BCUT2D eigenvalue weighted by Crippen LogP contribution is -2.52. The summed E-state index contributed by atoms with van der Waals surface area (Å²) in [6.45, 7) is 9.44. The standard InChI is InChI=1S/C25H31FN8O2/c1-16(18-5-7-19(26)8-6-18)30-23-32-20(31-21-13-27-9-10-28-21)11-22(33-23)34-14-17(15-34)12-29-24(35)36-25(2,3)4/h5-11,13,16-17H,12,14-15H2,1-4H3,(H,29,35)(H2,28,30,31,32,33). The van der Waals surface area contributed by atoms with Gasteiger partial charge in [0, 0.05) is 44.0 Å². The summed E-state index contributed by atoms with van der Waals surface area (Å²) >= 11 is 0. The van der Waals surface area contributed by atoms with Gasteiger partial charge >= 0.3 is 6.09 Å². The van der Waals surface area contributed by atoms with Gasteiger partial charge in [-0.05, 0) is 45.4 Å². The number of benzene rings is 1. The van der Waals surface area contributed by atoms with Crippen molar-refractivity contribution < 1.29 is 13.9 Å². The fraction of sp³-hybridized carbons (Fsp3) is 0.400. The molecule has 1 fully saturated rings. The summed E-state index contributed by atoms with van der Waals surface area (Å²) in [6.07, 6.45) is 4.38. The Morgan fingerprint density at radius 1 is 1.17 bits per heavy atom. The predicted molar refractivity (Wildman–Crippen MR) is 136 cm³/mol. The maximum Gasteiger partial charge on any atom is 0.407 e. The first kappa shape index (κ1) is 25.1. The maximum atomic E-state index is 13.3. The Labute approximate surface area is 209 Å². The van der Waals surface area contributed by atoms with Crippen molar-refractivity contribution in [3.05, 3.63) is 60.3 Å². The van der Waals surface area contributed by atoms with E-state index in [2.05, 4.69) is 35.8 Å². The van der Waals surface area contributed by atoms with E-state index in [4.69, 9.17) is 9.72 Å². The molecule has 0 spiro atoms. The number of alkyl carbamates (subject to hydrolysis) is 1. The Bertz CT molecular complexity index is 1160. The molecule has 36 heavy (non-hydrogen) atoms. The molecule has 0 bridgehead atoms. The Kier molecular flexibility index (Phi) is 7.47. The van der Waals surface area contributed by atoms with Gasteiger partial charge in [0.05, 0.1) is 12.2 Å². The first-order valence-electron chi connectivity index (χ1n) is 11.8. The number of aromatic nitrogens is 4. The van der Waals surface area contributed by atoms with Crippen LogP contribution in [0.1, 0.15) is 39.3 Å². The highest BCUT2D eigenvalue weighted by atomic mass is 19.1. The number of amides is 1. The van der Waals surface area contributed by atoms with Crippen LogP contribution in [0.2, 0.25) is 0 Å². The highest BCUT2D eigenvalue weighted by Gasteiger charge is 2.29. The van der Waals surface area contributed by atoms with Gasteiger partial charge in [0.2, 0.25) is 5.95 Å². The van der Waals surface area contributed by atoms with Gasteiger partial charge in [-0.15, -0.1) is 0 Å². The molecule has 1 saturated heterocycles. The number of hydrogen-bond donors (Lipinski definition) is 3. The average molecular weight is 495 g/mol. The SMILES string of the molecule is CC(Nc1nc(Nc2cnccn2)cc(N2CC(CNC(=O)OC(C)(C)C)C2)n1)c1ccc(F)cc1. The monoisotopic (exact) mass is 494 g/mol. The van der Waals surface area contributed by atoms with Crippen LogP contribution in [0.15, 0.2) is 48.9 Å². The number of halogens is 1. The van der Waals surface area contributed by atoms with Crippen molar-refractivity contribution >= 4 is 29.5 Å². The van der Waals surface area contributed by atoms with Crippen LogP contribution in [-0.4, -0.2) is 51.3 Å². The zero-order valence-electron chi connectivity index (χ0n) is 20.8. The second kappa shape index (κ2) is 10.7. The predicted octanol–water partition coefficient (Wildman–Crippen LogP) is 4.28. The van der Waals surface area contributed by atoms with E-state index in [0.29, 0.717) is 24.1 Å². The molecule has 0 aliphatic carbocycles. The van der Waals surface area contributed by atoms with Gasteiger partial charge < -0.3 is 25.6 Å². The normalized spacial score (nSPS) is 14.5. The molecule has 1 aliphatic rings. The molecule has 11 heteroatoms. The van der Waals surface area contributed by atoms with Crippen molar-refractivity contribution in [2.75, 3.05) is 35.2 Å². The minimum atomic E-state index is -0.530. The van der Waals surface area contributed by atoms with Gasteiger partial charge in [-0.25, -0.2) is 14.2 Å². The van der Waals surface area contributed by atoms with Crippen molar-refractivity contribution in [2.24, 2.45) is 5.92 Å². The average Bonchev–Trinajstić information content (AvgIpc) is 2.78. The number of carbonyl (C=O) groups excluding carboxylic acids is 1. The van der Waals surface area contributed by atoms with E-state index in [0.717, 1.165) is 24.5 Å². The number of ether oxygens (including phenoxy) is 1. The maximum absolute atomic E-state index is 13.3.